The van der Waals surface area contributed by atoms with E-state index in [9.17, 15) is 18.8 Å². The zero-order valence-electron chi connectivity index (χ0n) is 13.8. The van der Waals surface area contributed by atoms with Crippen molar-refractivity contribution in [2.75, 3.05) is 19.6 Å². The lowest BCUT2D eigenvalue weighted by atomic mass is 9.96. The van der Waals surface area contributed by atoms with Gasteiger partial charge in [-0.05, 0) is 30.5 Å². The van der Waals surface area contributed by atoms with Gasteiger partial charge in [-0.15, -0.1) is 0 Å². The number of carboxylic acid groups (broad SMARTS) is 1. The van der Waals surface area contributed by atoms with E-state index in [1.807, 2.05) is 0 Å². The summed E-state index contributed by atoms with van der Waals surface area (Å²) in [7, 11) is 0. The van der Waals surface area contributed by atoms with Crippen molar-refractivity contribution in [1.29, 1.82) is 0 Å². The molecule has 3 N–H and O–H groups in total. The van der Waals surface area contributed by atoms with Gasteiger partial charge in [-0.1, -0.05) is 12.1 Å². The number of carbonyl (C=O) groups is 3. The van der Waals surface area contributed by atoms with Crippen LogP contribution in [0.25, 0.3) is 0 Å². The van der Waals surface area contributed by atoms with Crippen LogP contribution in [-0.2, 0) is 16.1 Å². The van der Waals surface area contributed by atoms with Gasteiger partial charge in [0.25, 0.3) is 0 Å². The van der Waals surface area contributed by atoms with Crippen molar-refractivity contribution in [3.8, 4) is 0 Å². The van der Waals surface area contributed by atoms with Crippen LogP contribution in [0.5, 0.6) is 0 Å². The van der Waals surface area contributed by atoms with E-state index in [4.69, 9.17) is 5.11 Å². The summed E-state index contributed by atoms with van der Waals surface area (Å²) in [5.41, 5.74) is 0.824. The molecule has 1 aliphatic rings. The molecule has 1 aromatic rings. The van der Waals surface area contributed by atoms with Crippen LogP contribution in [0.2, 0.25) is 0 Å². The van der Waals surface area contributed by atoms with E-state index in [2.05, 4.69) is 10.6 Å². The lowest BCUT2D eigenvalue weighted by molar-refractivity contribution is -0.136. The van der Waals surface area contributed by atoms with Gasteiger partial charge in [0.05, 0.1) is 6.42 Å². The van der Waals surface area contributed by atoms with Crippen molar-refractivity contribution < 1.29 is 23.9 Å². The number of piperidine rings is 1. The molecule has 2 rings (SSSR count). The van der Waals surface area contributed by atoms with E-state index in [1.165, 1.54) is 12.1 Å². The minimum atomic E-state index is -0.961. The third-order valence-corrected chi connectivity index (χ3v) is 4.15. The number of amides is 3. The molecule has 0 spiro atoms. The Bertz CT molecular complexity index is 613. The molecule has 7 nitrogen and oxygen atoms in total. The van der Waals surface area contributed by atoms with Gasteiger partial charge in [0.15, 0.2) is 0 Å². The second-order valence-corrected chi connectivity index (χ2v) is 5.98. The Balaban J connectivity index is 1.70. The highest BCUT2D eigenvalue weighted by Gasteiger charge is 2.27. The molecule has 0 unspecified atom stereocenters. The van der Waals surface area contributed by atoms with E-state index in [0.29, 0.717) is 32.5 Å². The summed E-state index contributed by atoms with van der Waals surface area (Å²) < 4.78 is 12.8. The Hall–Kier alpha value is -2.64. The molecule has 0 aliphatic carbocycles. The standard InChI is InChI=1S/C17H22FN3O4/c18-14-3-1-12(2-4-14)11-20-16(24)13-6-9-21(10-7-13)17(25)19-8-5-15(22)23/h1-4,13H,5-11H2,(H,19,25)(H,20,24)(H,22,23). The van der Waals surface area contributed by atoms with Crippen molar-refractivity contribution >= 4 is 17.9 Å². The van der Waals surface area contributed by atoms with Gasteiger partial charge in [-0.25, -0.2) is 9.18 Å². The van der Waals surface area contributed by atoms with Gasteiger partial charge >= 0.3 is 12.0 Å². The number of nitrogens with one attached hydrogen (secondary N) is 2. The summed E-state index contributed by atoms with van der Waals surface area (Å²) in [5, 5.41) is 13.9. The van der Waals surface area contributed by atoms with Crippen LogP contribution < -0.4 is 10.6 Å². The molecule has 136 valence electrons. The fraction of sp³-hybridized carbons (Fsp3) is 0.471. The molecular weight excluding hydrogens is 329 g/mol. The first-order chi connectivity index (χ1) is 12.0. The fourth-order valence-corrected chi connectivity index (χ4v) is 2.67. The van der Waals surface area contributed by atoms with E-state index in [-0.39, 0.29) is 36.6 Å². The maximum Gasteiger partial charge on any atom is 0.317 e. The Morgan fingerprint density at radius 3 is 2.36 bits per heavy atom. The van der Waals surface area contributed by atoms with Gasteiger partial charge in [0.2, 0.25) is 5.91 Å². The summed E-state index contributed by atoms with van der Waals surface area (Å²) in [6.45, 7) is 1.34. The van der Waals surface area contributed by atoms with Crippen molar-refractivity contribution in [3.63, 3.8) is 0 Å². The van der Waals surface area contributed by atoms with E-state index >= 15 is 0 Å². The lowest BCUT2D eigenvalue weighted by Gasteiger charge is -2.31. The molecule has 1 aromatic carbocycles. The van der Waals surface area contributed by atoms with Gasteiger partial charge in [-0.2, -0.15) is 0 Å². The highest BCUT2D eigenvalue weighted by Crippen LogP contribution is 2.17. The van der Waals surface area contributed by atoms with Crippen LogP contribution in [0, 0.1) is 11.7 Å². The number of aliphatic carboxylic acids is 1. The largest absolute Gasteiger partial charge is 0.481 e. The molecule has 3 amide bonds. The molecule has 0 aromatic heterocycles. The predicted octanol–water partition coefficient (Wildman–Crippen LogP) is 1.34. The van der Waals surface area contributed by atoms with Crippen LogP contribution >= 0.6 is 0 Å². The third-order valence-electron chi connectivity index (χ3n) is 4.15. The molecule has 0 radical (unpaired) electrons. The third kappa shape index (κ3) is 6.06. The molecule has 0 atom stereocenters. The Morgan fingerprint density at radius 1 is 1.12 bits per heavy atom. The Morgan fingerprint density at radius 2 is 1.76 bits per heavy atom. The maximum atomic E-state index is 12.8. The number of hydrogen-bond acceptors (Lipinski definition) is 3. The fourth-order valence-electron chi connectivity index (χ4n) is 2.67. The molecule has 0 bridgehead atoms. The van der Waals surface area contributed by atoms with Crippen molar-refractivity contribution in [2.45, 2.75) is 25.8 Å². The molecule has 8 heteroatoms. The zero-order chi connectivity index (χ0) is 18.2. The second kappa shape index (κ2) is 9.00. The Labute approximate surface area is 145 Å². The van der Waals surface area contributed by atoms with Crippen LogP contribution in [0.15, 0.2) is 24.3 Å². The summed E-state index contributed by atoms with van der Waals surface area (Å²) in [5.74, 6) is -1.51. The molecule has 1 heterocycles. The topological polar surface area (TPSA) is 98.7 Å². The number of hydrogen-bond donors (Lipinski definition) is 3. The molecule has 1 aliphatic heterocycles. The smallest absolute Gasteiger partial charge is 0.317 e. The first-order valence-corrected chi connectivity index (χ1v) is 8.22. The van der Waals surface area contributed by atoms with E-state index in [1.54, 1.807) is 17.0 Å². The van der Waals surface area contributed by atoms with Crippen LogP contribution in [0.3, 0.4) is 0 Å². The van der Waals surface area contributed by atoms with Gasteiger partial charge < -0.3 is 20.6 Å². The maximum absolute atomic E-state index is 12.8. The summed E-state index contributed by atoms with van der Waals surface area (Å²) in [4.78, 5) is 36.1. The Kier molecular flexibility index (Phi) is 6.73. The normalized spacial score (nSPS) is 14.8. The zero-order valence-corrected chi connectivity index (χ0v) is 13.8. The second-order valence-electron chi connectivity index (χ2n) is 5.98. The first-order valence-electron chi connectivity index (χ1n) is 8.22. The number of likely N-dealkylation sites (tertiary alicyclic amines) is 1. The average molecular weight is 351 g/mol. The van der Waals surface area contributed by atoms with Crippen molar-refractivity contribution in [3.05, 3.63) is 35.6 Å². The van der Waals surface area contributed by atoms with Crippen LogP contribution in [0.1, 0.15) is 24.8 Å². The van der Waals surface area contributed by atoms with Crippen molar-refractivity contribution in [2.24, 2.45) is 5.92 Å². The van der Waals surface area contributed by atoms with E-state index in [0.717, 1.165) is 5.56 Å². The molecule has 0 saturated carbocycles. The lowest BCUT2D eigenvalue weighted by Crippen LogP contribution is -2.47. The average Bonchev–Trinajstić information content (AvgIpc) is 2.60. The monoisotopic (exact) mass is 351 g/mol. The van der Waals surface area contributed by atoms with Crippen LogP contribution in [0.4, 0.5) is 9.18 Å². The first kappa shape index (κ1) is 18.7. The number of carboxylic acids is 1. The molecule has 25 heavy (non-hydrogen) atoms. The highest BCUT2D eigenvalue weighted by molar-refractivity contribution is 5.79. The summed E-state index contributed by atoms with van der Waals surface area (Å²) in [6.07, 6.45) is 0.997. The molecule has 1 saturated heterocycles. The number of nitrogens with zero attached hydrogens (tertiary/aromatic N) is 1. The SMILES string of the molecule is O=C(O)CCNC(=O)N1CCC(C(=O)NCc2ccc(F)cc2)CC1. The van der Waals surface area contributed by atoms with Gasteiger partial charge in [0, 0.05) is 32.1 Å². The van der Waals surface area contributed by atoms with E-state index < -0.39 is 5.97 Å². The summed E-state index contributed by atoms with van der Waals surface area (Å²) >= 11 is 0. The number of halogens is 1. The molecular formula is C17H22FN3O4. The predicted molar refractivity (Wildman–Crippen MR) is 88.2 cm³/mol. The highest BCUT2D eigenvalue weighted by atomic mass is 19.1. The summed E-state index contributed by atoms with van der Waals surface area (Å²) in [6, 6.07) is 5.65. The number of urea groups is 1. The number of rotatable bonds is 6. The van der Waals surface area contributed by atoms with Crippen LogP contribution in [-0.4, -0.2) is 47.5 Å². The number of benzene rings is 1. The number of carbonyl (C=O) groups excluding carboxylic acids is 2. The van der Waals surface area contributed by atoms with Gasteiger partial charge in [-0.3, -0.25) is 9.59 Å². The minimum absolute atomic E-state index is 0.0738. The molecule has 1 fully saturated rings. The quantitative estimate of drug-likeness (QED) is 0.720. The minimum Gasteiger partial charge on any atom is -0.481 e. The van der Waals surface area contributed by atoms with Crippen molar-refractivity contribution in [1.82, 2.24) is 15.5 Å². The van der Waals surface area contributed by atoms with Gasteiger partial charge in [0.1, 0.15) is 5.82 Å².